The van der Waals surface area contributed by atoms with Gasteiger partial charge in [-0.2, -0.15) is 0 Å². The zero-order valence-electron chi connectivity index (χ0n) is 11.1. The van der Waals surface area contributed by atoms with Crippen molar-refractivity contribution in [1.29, 1.82) is 0 Å². The highest BCUT2D eigenvalue weighted by atomic mass is 15.1. The van der Waals surface area contributed by atoms with E-state index in [2.05, 4.69) is 40.7 Å². The summed E-state index contributed by atoms with van der Waals surface area (Å²) in [5.41, 5.74) is 1.01. The number of imidazole rings is 1. The maximum absolute atomic E-state index is 4.32. The molecule has 1 saturated carbocycles. The molecule has 3 atom stereocenters. The number of rotatable bonds is 2. The highest BCUT2D eigenvalue weighted by Crippen LogP contribution is 2.31. The Morgan fingerprint density at radius 1 is 1.22 bits per heavy atom. The van der Waals surface area contributed by atoms with Crippen LogP contribution in [0.5, 0.6) is 0 Å². The van der Waals surface area contributed by atoms with Crippen molar-refractivity contribution in [3.05, 3.63) is 30.6 Å². The average Bonchev–Trinajstić information content (AvgIpc) is 2.83. The predicted molar refractivity (Wildman–Crippen MR) is 74.8 cm³/mol. The molecule has 3 rings (SSSR count). The van der Waals surface area contributed by atoms with Gasteiger partial charge in [-0.1, -0.05) is 19.9 Å². The zero-order chi connectivity index (χ0) is 12.5. The zero-order valence-corrected chi connectivity index (χ0v) is 11.1. The van der Waals surface area contributed by atoms with Gasteiger partial charge in [-0.15, -0.1) is 0 Å². The quantitative estimate of drug-likeness (QED) is 0.873. The van der Waals surface area contributed by atoms with E-state index in [0.717, 1.165) is 23.3 Å². The topological polar surface area (TPSA) is 29.3 Å². The Labute approximate surface area is 108 Å². The fourth-order valence-electron chi connectivity index (χ4n) is 2.95. The molecule has 1 aliphatic carbocycles. The Morgan fingerprint density at radius 2 is 2.11 bits per heavy atom. The largest absolute Gasteiger partial charge is 0.368 e. The smallest absolute Gasteiger partial charge is 0.138 e. The van der Waals surface area contributed by atoms with Crippen molar-refractivity contribution in [3.8, 4) is 0 Å². The molecule has 2 aromatic heterocycles. The van der Waals surface area contributed by atoms with Gasteiger partial charge in [0.25, 0.3) is 0 Å². The fraction of sp³-hybridized carbons (Fsp3) is 0.533. The van der Waals surface area contributed by atoms with Crippen LogP contribution in [0.2, 0.25) is 0 Å². The summed E-state index contributed by atoms with van der Waals surface area (Å²) >= 11 is 0. The molecule has 0 spiro atoms. The Bertz CT molecular complexity index is 531. The van der Waals surface area contributed by atoms with Crippen LogP contribution in [0.4, 0.5) is 5.82 Å². The van der Waals surface area contributed by atoms with Crippen molar-refractivity contribution in [2.24, 2.45) is 11.8 Å². The molecule has 2 aromatic rings. The van der Waals surface area contributed by atoms with Crippen molar-refractivity contribution in [3.63, 3.8) is 0 Å². The van der Waals surface area contributed by atoms with E-state index >= 15 is 0 Å². The maximum atomic E-state index is 4.32. The second kappa shape index (κ2) is 4.63. The number of hydrogen-bond donors (Lipinski definition) is 1. The first-order chi connectivity index (χ1) is 8.74. The molecule has 0 saturated heterocycles. The van der Waals surface area contributed by atoms with Crippen molar-refractivity contribution >= 4 is 11.5 Å². The molecule has 18 heavy (non-hydrogen) atoms. The molecule has 1 N–H and O–H groups in total. The highest BCUT2D eigenvalue weighted by Gasteiger charge is 2.24. The molecule has 0 radical (unpaired) electrons. The lowest BCUT2D eigenvalue weighted by molar-refractivity contribution is 0.260. The second-order valence-electron chi connectivity index (χ2n) is 5.68. The molecule has 3 unspecified atom stereocenters. The van der Waals surface area contributed by atoms with Crippen LogP contribution in [-0.2, 0) is 0 Å². The van der Waals surface area contributed by atoms with Gasteiger partial charge in [-0.05, 0) is 43.2 Å². The summed E-state index contributed by atoms with van der Waals surface area (Å²) in [6.07, 6.45) is 7.75. The van der Waals surface area contributed by atoms with E-state index in [1.807, 2.05) is 18.5 Å². The summed E-state index contributed by atoms with van der Waals surface area (Å²) in [6.45, 7) is 4.74. The first-order valence-electron chi connectivity index (χ1n) is 6.92. The highest BCUT2D eigenvalue weighted by molar-refractivity contribution is 5.50. The number of pyridine rings is 1. The first kappa shape index (κ1) is 11.6. The number of hydrogen-bond acceptors (Lipinski definition) is 2. The Morgan fingerprint density at radius 3 is 2.94 bits per heavy atom. The molecule has 3 nitrogen and oxygen atoms in total. The summed E-state index contributed by atoms with van der Waals surface area (Å²) in [6, 6.07) is 6.84. The van der Waals surface area contributed by atoms with Gasteiger partial charge in [0.15, 0.2) is 0 Å². The summed E-state index contributed by atoms with van der Waals surface area (Å²) in [7, 11) is 0. The predicted octanol–water partition coefficient (Wildman–Crippen LogP) is 3.57. The Hall–Kier alpha value is -1.51. The number of anilines is 1. The van der Waals surface area contributed by atoms with Gasteiger partial charge in [-0.3, -0.25) is 4.40 Å². The monoisotopic (exact) mass is 243 g/mol. The Balaban J connectivity index is 1.78. The number of aromatic nitrogens is 2. The lowest BCUT2D eigenvalue weighted by Gasteiger charge is -2.33. The van der Waals surface area contributed by atoms with Gasteiger partial charge in [0.2, 0.25) is 0 Å². The minimum Gasteiger partial charge on any atom is -0.368 e. The summed E-state index contributed by atoms with van der Waals surface area (Å²) < 4.78 is 2.13. The second-order valence-corrected chi connectivity index (χ2v) is 5.68. The standard InChI is InChI=1S/C15H21N3/c1-11-6-7-13(10-12(11)2)17-15-5-3-4-14-16-8-9-18(14)15/h3-5,8-9,11-13,17H,6-7,10H2,1-2H3. The number of nitrogens with one attached hydrogen (secondary N) is 1. The average molecular weight is 243 g/mol. The van der Waals surface area contributed by atoms with Crippen LogP contribution in [0.25, 0.3) is 5.65 Å². The number of fused-ring (bicyclic) bond motifs is 1. The molecule has 1 aliphatic rings. The molecule has 0 amide bonds. The molecule has 0 bridgehead atoms. The third-order valence-corrected chi connectivity index (χ3v) is 4.38. The summed E-state index contributed by atoms with van der Waals surface area (Å²) in [5, 5.41) is 3.68. The van der Waals surface area contributed by atoms with Crippen LogP contribution in [0.1, 0.15) is 33.1 Å². The number of nitrogens with zero attached hydrogens (tertiary/aromatic N) is 2. The van der Waals surface area contributed by atoms with Crippen LogP contribution >= 0.6 is 0 Å². The third kappa shape index (κ3) is 2.09. The molecule has 96 valence electrons. The van der Waals surface area contributed by atoms with Crippen LogP contribution in [0.15, 0.2) is 30.6 Å². The molecule has 1 fully saturated rings. The van der Waals surface area contributed by atoms with Crippen molar-refractivity contribution in [2.45, 2.75) is 39.2 Å². The van der Waals surface area contributed by atoms with E-state index in [1.165, 1.54) is 19.3 Å². The Kier molecular flexibility index (Phi) is 2.98. The van der Waals surface area contributed by atoms with Gasteiger partial charge in [-0.25, -0.2) is 4.98 Å². The minimum absolute atomic E-state index is 0.601. The van der Waals surface area contributed by atoms with Gasteiger partial charge < -0.3 is 5.32 Å². The lowest BCUT2D eigenvalue weighted by atomic mass is 9.79. The van der Waals surface area contributed by atoms with Crippen LogP contribution in [-0.4, -0.2) is 15.4 Å². The maximum Gasteiger partial charge on any atom is 0.138 e. The normalized spacial score (nSPS) is 28.4. The molecular weight excluding hydrogens is 222 g/mol. The molecule has 0 aromatic carbocycles. The minimum atomic E-state index is 0.601. The molecule has 3 heteroatoms. The molecular formula is C15H21N3. The van der Waals surface area contributed by atoms with Crippen molar-refractivity contribution < 1.29 is 0 Å². The van der Waals surface area contributed by atoms with E-state index in [-0.39, 0.29) is 0 Å². The van der Waals surface area contributed by atoms with E-state index in [1.54, 1.807) is 0 Å². The van der Waals surface area contributed by atoms with Crippen LogP contribution < -0.4 is 5.32 Å². The first-order valence-corrected chi connectivity index (χ1v) is 6.92. The van der Waals surface area contributed by atoms with Crippen LogP contribution in [0, 0.1) is 11.8 Å². The van der Waals surface area contributed by atoms with E-state index < -0.39 is 0 Å². The van der Waals surface area contributed by atoms with Gasteiger partial charge in [0.05, 0.1) is 0 Å². The summed E-state index contributed by atoms with van der Waals surface area (Å²) in [4.78, 5) is 4.32. The van der Waals surface area contributed by atoms with Gasteiger partial charge in [0.1, 0.15) is 11.5 Å². The van der Waals surface area contributed by atoms with Crippen molar-refractivity contribution in [1.82, 2.24) is 9.38 Å². The molecule has 2 heterocycles. The van der Waals surface area contributed by atoms with Crippen molar-refractivity contribution in [2.75, 3.05) is 5.32 Å². The van der Waals surface area contributed by atoms with E-state index in [4.69, 9.17) is 0 Å². The fourth-order valence-corrected chi connectivity index (χ4v) is 2.95. The van der Waals surface area contributed by atoms with Crippen LogP contribution in [0.3, 0.4) is 0 Å². The lowest BCUT2D eigenvalue weighted by Crippen LogP contribution is -2.30. The molecule has 0 aliphatic heterocycles. The van der Waals surface area contributed by atoms with E-state index in [9.17, 15) is 0 Å². The third-order valence-electron chi connectivity index (χ3n) is 4.38. The van der Waals surface area contributed by atoms with E-state index in [0.29, 0.717) is 6.04 Å². The summed E-state index contributed by atoms with van der Waals surface area (Å²) in [5.74, 6) is 2.85. The van der Waals surface area contributed by atoms with Gasteiger partial charge >= 0.3 is 0 Å². The SMILES string of the molecule is CC1CCC(Nc2cccc3nccn23)CC1C. The van der Waals surface area contributed by atoms with Gasteiger partial charge in [0, 0.05) is 18.4 Å².